The Bertz CT molecular complexity index is 418. The zero-order chi connectivity index (χ0) is 9.26. The maximum Gasteiger partial charge on any atom is 0.113 e. The molecule has 0 atom stereocenters. The predicted molar refractivity (Wildman–Crippen MR) is 51.2 cm³/mol. The Labute approximate surface area is 77.0 Å². The molecule has 0 bridgehead atoms. The third-order valence-electron chi connectivity index (χ3n) is 2.02. The lowest BCUT2D eigenvalue weighted by molar-refractivity contribution is 0.715. The van der Waals surface area contributed by atoms with E-state index in [2.05, 4.69) is 29.4 Å². The van der Waals surface area contributed by atoms with Crippen molar-refractivity contribution < 1.29 is 0 Å². The van der Waals surface area contributed by atoms with Gasteiger partial charge in [-0.1, -0.05) is 29.5 Å². The highest BCUT2D eigenvalue weighted by molar-refractivity contribution is 5.61. The fourth-order valence-electron chi connectivity index (χ4n) is 1.33. The molecule has 0 amide bonds. The number of hydrogen-bond acceptors (Lipinski definition) is 2. The van der Waals surface area contributed by atoms with Crippen LogP contribution in [-0.2, 0) is 7.05 Å². The molecule has 0 unspecified atom stereocenters. The Morgan fingerprint density at radius 2 is 2.00 bits per heavy atom. The smallest absolute Gasteiger partial charge is 0.113 e. The van der Waals surface area contributed by atoms with Crippen molar-refractivity contribution in [1.82, 2.24) is 15.0 Å². The van der Waals surface area contributed by atoms with Gasteiger partial charge in [-0.15, -0.1) is 5.10 Å². The molecule has 3 nitrogen and oxygen atoms in total. The third kappa shape index (κ3) is 1.45. The molecule has 0 aliphatic rings. The molecule has 1 aromatic carbocycles. The molecular formula is C10H11N3. The van der Waals surface area contributed by atoms with Gasteiger partial charge < -0.3 is 0 Å². The van der Waals surface area contributed by atoms with E-state index in [-0.39, 0.29) is 0 Å². The van der Waals surface area contributed by atoms with E-state index in [9.17, 15) is 0 Å². The molecule has 0 saturated carbocycles. The van der Waals surface area contributed by atoms with Crippen molar-refractivity contribution in [3.05, 3.63) is 36.0 Å². The minimum absolute atomic E-state index is 0.931. The summed E-state index contributed by atoms with van der Waals surface area (Å²) >= 11 is 0. The van der Waals surface area contributed by atoms with Gasteiger partial charge in [-0.05, 0) is 12.5 Å². The van der Waals surface area contributed by atoms with Crippen LogP contribution in [0.3, 0.4) is 0 Å². The second kappa shape index (κ2) is 3.01. The quantitative estimate of drug-likeness (QED) is 0.658. The van der Waals surface area contributed by atoms with Crippen LogP contribution in [0.4, 0.5) is 0 Å². The van der Waals surface area contributed by atoms with Gasteiger partial charge in [0.2, 0.25) is 0 Å². The van der Waals surface area contributed by atoms with Crippen molar-refractivity contribution in [3.63, 3.8) is 0 Å². The van der Waals surface area contributed by atoms with E-state index >= 15 is 0 Å². The van der Waals surface area contributed by atoms with Crippen molar-refractivity contribution in [3.8, 4) is 11.3 Å². The molecule has 0 radical (unpaired) electrons. The first-order valence-corrected chi connectivity index (χ1v) is 4.20. The normalized spacial score (nSPS) is 10.3. The lowest BCUT2D eigenvalue weighted by Crippen LogP contribution is -1.85. The van der Waals surface area contributed by atoms with Crippen LogP contribution in [0.25, 0.3) is 11.3 Å². The summed E-state index contributed by atoms with van der Waals surface area (Å²) in [5.74, 6) is 0. The largest absolute Gasteiger partial charge is 0.255 e. The van der Waals surface area contributed by atoms with Crippen molar-refractivity contribution in [2.75, 3.05) is 0 Å². The van der Waals surface area contributed by atoms with Crippen LogP contribution in [0.2, 0.25) is 0 Å². The minimum atomic E-state index is 0.931. The molecule has 0 spiro atoms. The Kier molecular flexibility index (Phi) is 1.85. The van der Waals surface area contributed by atoms with Gasteiger partial charge in [0.25, 0.3) is 0 Å². The van der Waals surface area contributed by atoms with E-state index in [4.69, 9.17) is 0 Å². The summed E-state index contributed by atoms with van der Waals surface area (Å²) in [4.78, 5) is 0. The molecule has 0 saturated heterocycles. The Morgan fingerprint density at radius 1 is 1.23 bits per heavy atom. The molecule has 0 aliphatic heterocycles. The monoisotopic (exact) mass is 173 g/mol. The molecule has 0 aliphatic carbocycles. The number of nitrogens with zero attached hydrogens (tertiary/aromatic N) is 3. The van der Waals surface area contributed by atoms with Gasteiger partial charge >= 0.3 is 0 Å². The average Bonchev–Trinajstić information content (AvgIpc) is 2.53. The summed E-state index contributed by atoms with van der Waals surface area (Å²) in [5, 5.41) is 7.96. The molecule has 0 fully saturated rings. The summed E-state index contributed by atoms with van der Waals surface area (Å²) in [6.07, 6.45) is 1.92. The van der Waals surface area contributed by atoms with Crippen LogP contribution in [0, 0.1) is 6.92 Å². The van der Waals surface area contributed by atoms with Gasteiger partial charge in [0.05, 0.1) is 6.20 Å². The zero-order valence-corrected chi connectivity index (χ0v) is 7.73. The van der Waals surface area contributed by atoms with Crippen LogP contribution in [0.15, 0.2) is 30.5 Å². The van der Waals surface area contributed by atoms with E-state index in [1.54, 1.807) is 4.68 Å². The van der Waals surface area contributed by atoms with Crippen LogP contribution in [-0.4, -0.2) is 15.0 Å². The summed E-state index contributed by atoms with van der Waals surface area (Å²) in [7, 11) is 1.87. The van der Waals surface area contributed by atoms with Gasteiger partial charge in [0, 0.05) is 12.6 Å². The van der Waals surface area contributed by atoms with Crippen LogP contribution in [0.5, 0.6) is 0 Å². The zero-order valence-electron chi connectivity index (χ0n) is 7.73. The Hall–Kier alpha value is -1.64. The van der Waals surface area contributed by atoms with Gasteiger partial charge in [0.15, 0.2) is 0 Å². The Balaban J connectivity index is 2.52. The van der Waals surface area contributed by atoms with Gasteiger partial charge in [-0.25, -0.2) is 0 Å². The number of aromatic nitrogens is 3. The van der Waals surface area contributed by atoms with E-state index < -0.39 is 0 Å². The Morgan fingerprint density at radius 3 is 2.62 bits per heavy atom. The minimum Gasteiger partial charge on any atom is -0.255 e. The van der Waals surface area contributed by atoms with Crippen molar-refractivity contribution in [2.24, 2.45) is 7.05 Å². The lowest BCUT2D eigenvalue weighted by Gasteiger charge is -1.99. The van der Waals surface area contributed by atoms with Crippen LogP contribution < -0.4 is 0 Å². The van der Waals surface area contributed by atoms with E-state index in [0.717, 1.165) is 11.3 Å². The highest BCUT2D eigenvalue weighted by Gasteiger charge is 2.03. The molecule has 1 heterocycles. The SMILES string of the molecule is Cc1ccccc1-c1cn(C)nn1. The number of rotatable bonds is 1. The van der Waals surface area contributed by atoms with Crippen LogP contribution in [0.1, 0.15) is 5.56 Å². The first kappa shape index (κ1) is 7.98. The third-order valence-corrected chi connectivity index (χ3v) is 2.02. The fraction of sp³-hybridized carbons (Fsp3) is 0.200. The van der Waals surface area contributed by atoms with Gasteiger partial charge in [-0.2, -0.15) is 0 Å². The summed E-state index contributed by atoms with van der Waals surface area (Å²) in [5.41, 5.74) is 3.30. The summed E-state index contributed by atoms with van der Waals surface area (Å²) in [6.45, 7) is 2.07. The molecule has 0 N–H and O–H groups in total. The molecule has 1 aromatic heterocycles. The maximum absolute atomic E-state index is 4.06. The van der Waals surface area contributed by atoms with Crippen LogP contribution >= 0.6 is 0 Å². The lowest BCUT2D eigenvalue weighted by atomic mass is 10.1. The van der Waals surface area contributed by atoms with Crippen molar-refractivity contribution in [1.29, 1.82) is 0 Å². The first-order chi connectivity index (χ1) is 6.27. The highest BCUT2D eigenvalue weighted by atomic mass is 15.4. The molecule has 66 valence electrons. The molecule has 2 aromatic rings. The molecular weight excluding hydrogens is 162 g/mol. The van der Waals surface area contributed by atoms with E-state index in [1.807, 2.05) is 25.4 Å². The fourth-order valence-corrected chi connectivity index (χ4v) is 1.33. The highest BCUT2D eigenvalue weighted by Crippen LogP contribution is 2.19. The molecule has 13 heavy (non-hydrogen) atoms. The molecule has 3 heteroatoms. The van der Waals surface area contributed by atoms with E-state index in [0.29, 0.717) is 0 Å². The predicted octanol–water partition coefficient (Wildman–Crippen LogP) is 1.79. The van der Waals surface area contributed by atoms with E-state index in [1.165, 1.54) is 5.56 Å². The van der Waals surface area contributed by atoms with Crippen molar-refractivity contribution in [2.45, 2.75) is 6.92 Å². The molecule has 2 rings (SSSR count). The van der Waals surface area contributed by atoms with Crippen molar-refractivity contribution >= 4 is 0 Å². The topological polar surface area (TPSA) is 30.7 Å². The summed E-state index contributed by atoms with van der Waals surface area (Å²) < 4.78 is 1.71. The number of hydrogen-bond donors (Lipinski definition) is 0. The second-order valence-electron chi connectivity index (χ2n) is 3.09. The second-order valence-corrected chi connectivity index (χ2v) is 3.09. The first-order valence-electron chi connectivity index (χ1n) is 4.20. The maximum atomic E-state index is 4.06. The number of aryl methyl sites for hydroxylation is 2. The summed E-state index contributed by atoms with van der Waals surface area (Å²) in [6, 6.07) is 8.16. The number of benzene rings is 1. The van der Waals surface area contributed by atoms with Gasteiger partial charge in [0.1, 0.15) is 5.69 Å². The standard InChI is InChI=1S/C10H11N3/c1-8-5-3-4-6-9(8)10-7-13(2)12-11-10/h3-7H,1-2H3. The van der Waals surface area contributed by atoms with Gasteiger partial charge in [-0.3, -0.25) is 4.68 Å². The average molecular weight is 173 g/mol.